The van der Waals surface area contributed by atoms with Crippen molar-refractivity contribution >= 4 is 29.9 Å². The lowest BCUT2D eigenvalue weighted by Gasteiger charge is -2.23. The molecule has 0 aliphatic heterocycles. The van der Waals surface area contributed by atoms with Crippen LogP contribution in [-0.2, 0) is 0 Å². The maximum atomic E-state index is 6.06. The van der Waals surface area contributed by atoms with Crippen molar-refractivity contribution in [2.45, 2.75) is 31.2 Å². The Morgan fingerprint density at radius 2 is 1.92 bits per heavy atom. The number of benzene rings is 1. The summed E-state index contributed by atoms with van der Waals surface area (Å²) >= 11 is 10.3. The van der Waals surface area contributed by atoms with Gasteiger partial charge in [-0.25, -0.2) is 0 Å². The van der Waals surface area contributed by atoms with Crippen molar-refractivity contribution < 1.29 is 0 Å². The van der Waals surface area contributed by atoms with Gasteiger partial charge in [-0.2, -0.15) is 0 Å². The van der Waals surface area contributed by atoms with Crippen molar-refractivity contribution in [3.63, 3.8) is 0 Å². The third kappa shape index (κ3) is 3.12. The summed E-state index contributed by atoms with van der Waals surface area (Å²) in [4.78, 5) is 0.802. The minimum absolute atomic E-state index is 0.0191. The lowest BCUT2D eigenvalue weighted by Crippen LogP contribution is -2.26. The minimum Gasteiger partial charge on any atom is -0.379 e. The van der Waals surface area contributed by atoms with E-state index >= 15 is 0 Å². The maximum Gasteiger partial charge on any atom is 0.0770 e. The third-order valence-electron chi connectivity index (χ3n) is 1.49. The van der Waals surface area contributed by atoms with E-state index in [2.05, 4.69) is 38.7 Å². The molecule has 0 atom stereocenters. The number of hydrogen-bond donors (Lipinski definition) is 2. The van der Waals surface area contributed by atoms with Crippen molar-refractivity contribution in [3.8, 4) is 0 Å². The first-order valence-electron chi connectivity index (χ1n) is 4.16. The first-order chi connectivity index (χ1) is 5.90. The monoisotopic (exact) mass is 215 g/mol. The van der Waals surface area contributed by atoms with Crippen LogP contribution < -0.4 is 5.32 Å². The molecule has 0 fully saturated rings. The molecule has 0 radical (unpaired) electrons. The number of nitrogens with one attached hydrogen (secondary N) is 1. The van der Waals surface area contributed by atoms with E-state index in [1.54, 1.807) is 0 Å². The molecule has 1 nitrogen and oxygen atoms in total. The first kappa shape index (κ1) is 10.7. The molecule has 0 bridgehead atoms. The van der Waals surface area contributed by atoms with Crippen molar-refractivity contribution in [2.75, 3.05) is 5.32 Å². The van der Waals surface area contributed by atoms with Gasteiger partial charge >= 0.3 is 0 Å². The summed E-state index contributed by atoms with van der Waals surface area (Å²) in [7, 11) is 0. The van der Waals surface area contributed by atoms with E-state index in [9.17, 15) is 0 Å². The molecule has 72 valence electrons. The Morgan fingerprint density at radius 3 is 2.46 bits per heavy atom. The fourth-order valence-corrected chi connectivity index (χ4v) is 1.40. The largest absolute Gasteiger partial charge is 0.379 e. The molecular formula is C10H14ClNS. The second-order valence-electron chi connectivity index (χ2n) is 4.01. The normalized spacial score (nSPS) is 11.5. The Labute approximate surface area is 89.9 Å². The van der Waals surface area contributed by atoms with Crippen LogP contribution >= 0.6 is 24.2 Å². The summed E-state index contributed by atoms with van der Waals surface area (Å²) in [6.45, 7) is 6.28. The third-order valence-corrected chi connectivity index (χ3v) is 2.40. The van der Waals surface area contributed by atoms with E-state index < -0.39 is 0 Å². The lowest BCUT2D eigenvalue weighted by molar-refractivity contribution is 0.634. The van der Waals surface area contributed by atoms with E-state index in [4.69, 9.17) is 11.6 Å². The molecule has 1 rings (SSSR count). The molecule has 0 saturated heterocycles. The molecule has 0 saturated carbocycles. The Bertz CT molecular complexity index is 304. The molecule has 13 heavy (non-hydrogen) atoms. The molecule has 0 aliphatic rings. The van der Waals surface area contributed by atoms with Crippen molar-refractivity contribution in [2.24, 2.45) is 0 Å². The molecule has 1 N–H and O–H groups in total. The SMILES string of the molecule is CC(C)(C)Nc1cccc(S)c1Cl. The van der Waals surface area contributed by atoms with Crippen LogP contribution in [0.15, 0.2) is 23.1 Å². The number of anilines is 1. The topological polar surface area (TPSA) is 12.0 Å². The zero-order chi connectivity index (χ0) is 10.1. The zero-order valence-corrected chi connectivity index (χ0v) is 9.71. The van der Waals surface area contributed by atoms with E-state index in [1.165, 1.54) is 0 Å². The average Bonchev–Trinajstić information content (AvgIpc) is 1.96. The summed E-state index contributed by atoms with van der Waals surface area (Å²) in [6.07, 6.45) is 0. The van der Waals surface area contributed by atoms with Crippen LogP contribution in [0.25, 0.3) is 0 Å². The van der Waals surface area contributed by atoms with Crippen LogP contribution in [0.4, 0.5) is 5.69 Å². The number of thiol groups is 1. The van der Waals surface area contributed by atoms with Gasteiger partial charge in [0.25, 0.3) is 0 Å². The van der Waals surface area contributed by atoms with Gasteiger partial charge in [0.1, 0.15) is 0 Å². The Hall–Kier alpha value is -0.340. The van der Waals surface area contributed by atoms with E-state index in [-0.39, 0.29) is 5.54 Å². The van der Waals surface area contributed by atoms with Gasteiger partial charge in [0.2, 0.25) is 0 Å². The number of rotatable bonds is 1. The molecule has 0 aromatic heterocycles. The summed E-state index contributed by atoms with van der Waals surface area (Å²) in [5.74, 6) is 0. The second kappa shape index (κ2) is 3.81. The van der Waals surface area contributed by atoms with E-state index in [0.29, 0.717) is 5.02 Å². The van der Waals surface area contributed by atoms with Gasteiger partial charge in [0.15, 0.2) is 0 Å². The molecule has 0 spiro atoms. The Balaban J connectivity index is 2.96. The predicted octanol–water partition coefficient (Wildman–Crippen LogP) is 3.84. The van der Waals surface area contributed by atoms with Crippen molar-refractivity contribution in [1.29, 1.82) is 0 Å². The minimum atomic E-state index is 0.0191. The Morgan fingerprint density at radius 1 is 1.31 bits per heavy atom. The smallest absolute Gasteiger partial charge is 0.0770 e. The summed E-state index contributed by atoms with van der Waals surface area (Å²) in [5, 5.41) is 3.99. The highest BCUT2D eigenvalue weighted by Crippen LogP contribution is 2.30. The zero-order valence-electron chi connectivity index (χ0n) is 8.06. The molecule has 0 amide bonds. The highest BCUT2D eigenvalue weighted by Gasteiger charge is 2.12. The van der Waals surface area contributed by atoms with Gasteiger partial charge in [0.05, 0.1) is 10.7 Å². The lowest BCUT2D eigenvalue weighted by atomic mass is 10.1. The molecule has 1 aromatic carbocycles. The maximum absolute atomic E-state index is 6.06. The van der Waals surface area contributed by atoms with Crippen LogP contribution in [0.1, 0.15) is 20.8 Å². The van der Waals surface area contributed by atoms with Gasteiger partial charge in [-0.1, -0.05) is 17.7 Å². The van der Waals surface area contributed by atoms with Crippen LogP contribution in [-0.4, -0.2) is 5.54 Å². The number of hydrogen-bond acceptors (Lipinski definition) is 2. The van der Waals surface area contributed by atoms with Gasteiger partial charge < -0.3 is 5.32 Å². The highest BCUT2D eigenvalue weighted by atomic mass is 35.5. The van der Waals surface area contributed by atoms with Crippen molar-refractivity contribution in [3.05, 3.63) is 23.2 Å². The molecule has 0 aliphatic carbocycles. The van der Waals surface area contributed by atoms with Crippen molar-refractivity contribution in [1.82, 2.24) is 0 Å². The van der Waals surface area contributed by atoms with Crippen LogP contribution in [0.5, 0.6) is 0 Å². The van der Waals surface area contributed by atoms with E-state index in [1.807, 2.05) is 18.2 Å². The molecular weight excluding hydrogens is 202 g/mol. The molecule has 1 aromatic rings. The summed E-state index contributed by atoms with van der Waals surface area (Å²) < 4.78 is 0. The van der Waals surface area contributed by atoms with Crippen LogP contribution in [0.3, 0.4) is 0 Å². The van der Waals surface area contributed by atoms with Gasteiger partial charge in [0, 0.05) is 10.4 Å². The summed E-state index contributed by atoms with van der Waals surface area (Å²) in [6, 6.07) is 5.76. The standard InChI is InChI=1S/C10H14ClNS/c1-10(2,3)12-7-5-4-6-8(13)9(7)11/h4-6,12-13H,1-3H3. The average molecular weight is 216 g/mol. The number of halogens is 1. The predicted molar refractivity (Wildman–Crippen MR) is 62.1 cm³/mol. The van der Waals surface area contributed by atoms with Crippen LogP contribution in [0.2, 0.25) is 5.02 Å². The van der Waals surface area contributed by atoms with Crippen LogP contribution in [0, 0.1) is 0 Å². The molecule has 0 heterocycles. The van der Waals surface area contributed by atoms with Gasteiger partial charge in [-0.05, 0) is 32.9 Å². The van der Waals surface area contributed by atoms with Gasteiger partial charge in [-0.15, -0.1) is 12.6 Å². The fourth-order valence-electron chi connectivity index (χ4n) is 1.02. The first-order valence-corrected chi connectivity index (χ1v) is 4.98. The van der Waals surface area contributed by atoms with Gasteiger partial charge in [-0.3, -0.25) is 0 Å². The second-order valence-corrected chi connectivity index (χ2v) is 4.87. The highest BCUT2D eigenvalue weighted by molar-refractivity contribution is 7.80. The molecule has 0 unspecified atom stereocenters. The Kier molecular flexibility index (Phi) is 3.14. The summed E-state index contributed by atoms with van der Waals surface area (Å²) in [5.41, 5.74) is 0.951. The quantitative estimate of drug-likeness (QED) is 0.679. The fraction of sp³-hybridized carbons (Fsp3) is 0.400. The van der Waals surface area contributed by atoms with E-state index in [0.717, 1.165) is 10.6 Å². The molecule has 3 heteroatoms.